The van der Waals surface area contributed by atoms with E-state index in [1.165, 1.54) is 0 Å². The van der Waals surface area contributed by atoms with E-state index in [4.69, 9.17) is 16.3 Å². The van der Waals surface area contributed by atoms with Crippen LogP contribution in [-0.4, -0.2) is 42.9 Å². The van der Waals surface area contributed by atoms with Crippen molar-refractivity contribution in [3.8, 4) is 0 Å². The number of benzene rings is 1. The third kappa shape index (κ3) is 5.63. The molecule has 0 aromatic heterocycles. The lowest BCUT2D eigenvalue weighted by Gasteiger charge is -2.32. The van der Waals surface area contributed by atoms with Crippen LogP contribution in [0.25, 0.3) is 0 Å². The maximum Gasteiger partial charge on any atom is 0.223 e. The Hall–Kier alpha value is -1.39. The molecule has 1 unspecified atom stereocenters. The van der Waals surface area contributed by atoms with Crippen molar-refractivity contribution in [3.05, 3.63) is 34.9 Å². The Morgan fingerprint density at radius 1 is 1.26 bits per heavy atom. The highest BCUT2D eigenvalue weighted by Crippen LogP contribution is 2.18. The van der Waals surface area contributed by atoms with Crippen molar-refractivity contribution in [1.29, 1.82) is 0 Å². The monoisotopic (exact) mass is 337 g/mol. The Morgan fingerprint density at radius 3 is 2.70 bits per heavy atom. The van der Waals surface area contributed by atoms with Crippen LogP contribution < -0.4 is 0 Å². The van der Waals surface area contributed by atoms with Gasteiger partial charge in [-0.05, 0) is 49.9 Å². The fourth-order valence-corrected chi connectivity index (χ4v) is 3.00. The Balaban J connectivity index is 1.79. The number of carbonyl (C=O) groups excluding carboxylic acids is 2. The SMILES string of the molecule is CCOCC1CCCN(C(=O)CCC(=O)c2ccc(Cl)cc2)C1. The zero-order valence-corrected chi connectivity index (χ0v) is 14.3. The number of likely N-dealkylation sites (tertiary alicyclic amines) is 1. The number of nitrogens with zero attached hydrogens (tertiary/aromatic N) is 1. The fourth-order valence-electron chi connectivity index (χ4n) is 2.87. The van der Waals surface area contributed by atoms with E-state index in [-0.39, 0.29) is 24.5 Å². The maximum atomic E-state index is 12.3. The second kappa shape index (κ2) is 9.04. The molecule has 5 heteroatoms. The zero-order chi connectivity index (χ0) is 16.7. The molecule has 23 heavy (non-hydrogen) atoms. The first-order valence-electron chi connectivity index (χ1n) is 8.24. The Morgan fingerprint density at radius 2 is 2.00 bits per heavy atom. The summed E-state index contributed by atoms with van der Waals surface area (Å²) < 4.78 is 5.46. The van der Waals surface area contributed by atoms with Crippen molar-refractivity contribution in [2.24, 2.45) is 5.92 Å². The lowest BCUT2D eigenvalue weighted by molar-refractivity contribution is -0.133. The van der Waals surface area contributed by atoms with Gasteiger partial charge in [-0.25, -0.2) is 0 Å². The van der Waals surface area contributed by atoms with Gasteiger partial charge in [0.05, 0.1) is 6.61 Å². The van der Waals surface area contributed by atoms with Gasteiger partial charge in [-0.2, -0.15) is 0 Å². The highest BCUT2D eigenvalue weighted by molar-refractivity contribution is 6.30. The molecule has 1 heterocycles. The van der Waals surface area contributed by atoms with E-state index < -0.39 is 0 Å². The molecule has 0 spiro atoms. The number of ketones is 1. The van der Waals surface area contributed by atoms with E-state index in [0.29, 0.717) is 29.7 Å². The molecule has 1 aromatic carbocycles. The zero-order valence-electron chi connectivity index (χ0n) is 13.6. The summed E-state index contributed by atoms with van der Waals surface area (Å²) in [6.07, 6.45) is 2.62. The molecule has 1 atom stereocenters. The standard InChI is InChI=1S/C18H24ClNO3/c1-2-23-13-14-4-3-11-20(12-14)18(22)10-9-17(21)15-5-7-16(19)8-6-15/h5-8,14H,2-4,9-13H2,1H3. The predicted octanol–water partition coefficient (Wildman–Crippen LogP) is 3.58. The number of amides is 1. The van der Waals surface area contributed by atoms with E-state index in [0.717, 1.165) is 25.9 Å². The Labute approximate surface area is 142 Å². The summed E-state index contributed by atoms with van der Waals surface area (Å²) in [6.45, 7) is 4.93. The van der Waals surface area contributed by atoms with Crippen LogP contribution in [0.2, 0.25) is 5.02 Å². The van der Waals surface area contributed by atoms with Crippen molar-refractivity contribution in [1.82, 2.24) is 4.90 Å². The molecule has 0 bridgehead atoms. The summed E-state index contributed by atoms with van der Waals surface area (Å²) in [6, 6.07) is 6.79. The maximum absolute atomic E-state index is 12.3. The fraction of sp³-hybridized carbons (Fsp3) is 0.556. The molecule has 4 nitrogen and oxygen atoms in total. The van der Waals surface area contributed by atoms with Crippen molar-refractivity contribution in [2.75, 3.05) is 26.3 Å². The lowest BCUT2D eigenvalue weighted by atomic mass is 9.98. The number of rotatable bonds is 7. The molecule has 0 N–H and O–H groups in total. The molecule has 0 saturated carbocycles. The molecule has 0 aliphatic carbocycles. The molecule has 1 aliphatic rings. The van der Waals surface area contributed by atoms with Crippen molar-refractivity contribution in [3.63, 3.8) is 0 Å². The average molecular weight is 338 g/mol. The molecule has 1 aliphatic heterocycles. The van der Waals surface area contributed by atoms with Gasteiger partial charge < -0.3 is 9.64 Å². The average Bonchev–Trinajstić information content (AvgIpc) is 2.58. The summed E-state index contributed by atoms with van der Waals surface area (Å²) in [5.74, 6) is 0.464. The number of Topliss-reactive ketones (excluding diaryl/α,β-unsaturated/α-hetero) is 1. The van der Waals surface area contributed by atoms with Crippen LogP contribution in [0.5, 0.6) is 0 Å². The highest BCUT2D eigenvalue weighted by Gasteiger charge is 2.24. The van der Waals surface area contributed by atoms with Crippen molar-refractivity contribution >= 4 is 23.3 Å². The molecule has 2 rings (SSSR count). The van der Waals surface area contributed by atoms with Crippen molar-refractivity contribution < 1.29 is 14.3 Å². The van der Waals surface area contributed by atoms with Gasteiger partial charge in [-0.3, -0.25) is 9.59 Å². The first-order chi connectivity index (χ1) is 11.1. The lowest BCUT2D eigenvalue weighted by Crippen LogP contribution is -2.41. The number of halogens is 1. The molecule has 126 valence electrons. The van der Waals surface area contributed by atoms with Crippen LogP contribution in [0.1, 0.15) is 43.0 Å². The molecule has 1 amide bonds. The van der Waals surface area contributed by atoms with Crippen LogP contribution in [0.3, 0.4) is 0 Å². The Kier molecular flexibility index (Phi) is 7.06. The number of hydrogen-bond acceptors (Lipinski definition) is 3. The topological polar surface area (TPSA) is 46.6 Å². The molecule has 1 aromatic rings. The van der Waals surface area contributed by atoms with E-state index in [2.05, 4.69) is 0 Å². The molecule has 1 fully saturated rings. The first-order valence-corrected chi connectivity index (χ1v) is 8.62. The van der Waals surface area contributed by atoms with Gasteiger partial charge in [0.2, 0.25) is 5.91 Å². The summed E-state index contributed by atoms with van der Waals surface area (Å²) >= 11 is 5.81. The highest BCUT2D eigenvalue weighted by atomic mass is 35.5. The molecule has 1 saturated heterocycles. The van der Waals surface area contributed by atoms with Crippen molar-refractivity contribution in [2.45, 2.75) is 32.6 Å². The van der Waals surface area contributed by atoms with E-state index in [1.54, 1.807) is 24.3 Å². The quantitative estimate of drug-likeness (QED) is 0.714. The largest absolute Gasteiger partial charge is 0.381 e. The minimum Gasteiger partial charge on any atom is -0.381 e. The Bertz CT molecular complexity index is 530. The smallest absolute Gasteiger partial charge is 0.223 e. The van der Waals surface area contributed by atoms with Gasteiger partial charge in [0.1, 0.15) is 0 Å². The third-order valence-corrected chi connectivity index (χ3v) is 4.41. The summed E-state index contributed by atoms with van der Waals surface area (Å²) in [5, 5.41) is 0.603. The van der Waals surface area contributed by atoms with Gasteiger partial charge in [0.15, 0.2) is 5.78 Å². The van der Waals surface area contributed by atoms with Crippen LogP contribution >= 0.6 is 11.6 Å². The van der Waals surface area contributed by atoms with Crippen LogP contribution in [0, 0.1) is 5.92 Å². The summed E-state index contributed by atoms with van der Waals surface area (Å²) in [7, 11) is 0. The summed E-state index contributed by atoms with van der Waals surface area (Å²) in [4.78, 5) is 26.3. The predicted molar refractivity (Wildman–Crippen MR) is 90.8 cm³/mol. The number of carbonyl (C=O) groups is 2. The molecular formula is C18H24ClNO3. The second-order valence-electron chi connectivity index (χ2n) is 5.94. The van der Waals surface area contributed by atoms with Gasteiger partial charge in [0.25, 0.3) is 0 Å². The normalized spacial score (nSPS) is 18.0. The molecule has 0 radical (unpaired) electrons. The third-order valence-electron chi connectivity index (χ3n) is 4.16. The van der Waals surface area contributed by atoms with Crippen LogP contribution in [0.15, 0.2) is 24.3 Å². The number of piperidine rings is 1. The van der Waals surface area contributed by atoms with Crippen LogP contribution in [0.4, 0.5) is 0 Å². The van der Waals surface area contributed by atoms with Gasteiger partial charge in [-0.1, -0.05) is 11.6 Å². The number of hydrogen-bond donors (Lipinski definition) is 0. The van der Waals surface area contributed by atoms with E-state index >= 15 is 0 Å². The van der Waals surface area contributed by atoms with Gasteiger partial charge >= 0.3 is 0 Å². The summed E-state index contributed by atoms with van der Waals surface area (Å²) in [5.41, 5.74) is 0.607. The minimum absolute atomic E-state index is 0.0158. The molecular weight excluding hydrogens is 314 g/mol. The van der Waals surface area contributed by atoms with Gasteiger partial charge in [0, 0.05) is 43.1 Å². The van der Waals surface area contributed by atoms with E-state index in [9.17, 15) is 9.59 Å². The number of ether oxygens (including phenoxy) is 1. The van der Waals surface area contributed by atoms with Crippen LogP contribution in [-0.2, 0) is 9.53 Å². The first kappa shape index (κ1) is 18.0. The van der Waals surface area contributed by atoms with E-state index in [1.807, 2.05) is 11.8 Å². The van der Waals surface area contributed by atoms with Gasteiger partial charge in [-0.15, -0.1) is 0 Å². The second-order valence-corrected chi connectivity index (χ2v) is 6.37. The minimum atomic E-state index is -0.0158.